The van der Waals surface area contributed by atoms with E-state index in [0.29, 0.717) is 22.1 Å². The number of hydrogen-bond donors (Lipinski definition) is 1. The molecule has 0 aliphatic carbocycles. The molecule has 0 saturated carbocycles. The van der Waals surface area contributed by atoms with Crippen molar-refractivity contribution in [1.29, 1.82) is 5.26 Å². The van der Waals surface area contributed by atoms with E-state index in [1.54, 1.807) is 24.4 Å². The van der Waals surface area contributed by atoms with E-state index in [-0.39, 0.29) is 5.78 Å². The molecule has 4 heteroatoms. The molecule has 0 bridgehead atoms. The zero-order chi connectivity index (χ0) is 15.0. The number of rotatable bonds is 2. The summed E-state index contributed by atoms with van der Waals surface area (Å²) in [5.41, 5.74) is 3.39. The van der Waals surface area contributed by atoms with Gasteiger partial charge in [0.15, 0.2) is 5.78 Å². The Kier molecular flexibility index (Phi) is 3.36. The summed E-state index contributed by atoms with van der Waals surface area (Å²) in [5.74, 6) is -0.0750. The van der Waals surface area contributed by atoms with E-state index in [9.17, 15) is 10.1 Å². The number of carbonyl (C=O) groups is 1. The van der Waals surface area contributed by atoms with Crippen molar-refractivity contribution in [2.45, 2.75) is 6.92 Å². The van der Waals surface area contributed by atoms with E-state index >= 15 is 0 Å². The highest BCUT2D eigenvalue weighted by Crippen LogP contribution is 2.26. The lowest BCUT2D eigenvalue weighted by Crippen LogP contribution is -2.03. The van der Waals surface area contributed by atoms with Gasteiger partial charge in [0.05, 0.1) is 11.6 Å². The lowest BCUT2D eigenvalue weighted by molar-refractivity contribution is 0.103. The Hall–Kier alpha value is -2.38. The maximum atomic E-state index is 12.8. The van der Waals surface area contributed by atoms with Crippen molar-refractivity contribution in [3.8, 4) is 6.07 Å². The lowest BCUT2D eigenvalue weighted by atomic mass is 9.97. The summed E-state index contributed by atoms with van der Waals surface area (Å²) >= 11 is 3.40. The Morgan fingerprint density at radius 3 is 2.76 bits per heavy atom. The molecule has 21 heavy (non-hydrogen) atoms. The Morgan fingerprint density at radius 2 is 2.05 bits per heavy atom. The van der Waals surface area contributed by atoms with Gasteiger partial charge in [-0.1, -0.05) is 22.0 Å². The number of nitrogens with one attached hydrogen (secondary N) is 1. The van der Waals surface area contributed by atoms with Crippen LogP contribution < -0.4 is 0 Å². The number of hydrogen-bond acceptors (Lipinski definition) is 2. The quantitative estimate of drug-likeness (QED) is 0.706. The van der Waals surface area contributed by atoms with Crippen LogP contribution in [0.3, 0.4) is 0 Å². The van der Waals surface area contributed by atoms with Gasteiger partial charge < -0.3 is 4.98 Å². The highest BCUT2D eigenvalue weighted by atomic mass is 79.9. The maximum absolute atomic E-state index is 12.8. The predicted molar refractivity (Wildman–Crippen MR) is 85.3 cm³/mol. The van der Waals surface area contributed by atoms with Crippen LogP contribution in [0, 0.1) is 18.3 Å². The molecule has 0 atom stereocenters. The van der Waals surface area contributed by atoms with Gasteiger partial charge in [0, 0.05) is 32.7 Å². The third-order valence-corrected chi connectivity index (χ3v) is 4.00. The number of ketones is 1. The SMILES string of the molecule is Cc1cc(Br)ccc1C(=O)c1c[nH]c2cccc(C#N)c12. The van der Waals surface area contributed by atoms with E-state index in [0.717, 1.165) is 15.6 Å². The highest BCUT2D eigenvalue weighted by molar-refractivity contribution is 9.10. The smallest absolute Gasteiger partial charge is 0.195 e. The van der Waals surface area contributed by atoms with E-state index in [1.165, 1.54) is 0 Å². The Balaban J connectivity index is 2.21. The van der Waals surface area contributed by atoms with Crippen LogP contribution in [0.2, 0.25) is 0 Å². The van der Waals surface area contributed by atoms with Crippen molar-refractivity contribution in [3.63, 3.8) is 0 Å². The number of aromatic nitrogens is 1. The maximum Gasteiger partial charge on any atom is 0.195 e. The van der Waals surface area contributed by atoms with Crippen LogP contribution in [0.1, 0.15) is 27.0 Å². The van der Waals surface area contributed by atoms with Crippen molar-refractivity contribution in [3.05, 3.63) is 69.3 Å². The molecule has 3 rings (SSSR count). The second kappa shape index (κ2) is 5.19. The van der Waals surface area contributed by atoms with Gasteiger partial charge in [-0.25, -0.2) is 0 Å². The van der Waals surface area contributed by atoms with Gasteiger partial charge in [0.1, 0.15) is 0 Å². The first-order valence-electron chi connectivity index (χ1n) is 6.43. The number of carbonyl (C=O) groups excluding carboxylic acids is 1. The summed E-state index contributed by atoms with van der Waals surface area (Å²) in [6.07, 6.45) is 1.68. The molecule has 2 aromatic carbocycles. The van der Waals surface area contributed by atoms with E-state index in [1.807, 2.05) is 25.1 Å². The molecule has 0 saturated heterocycles. The fraction of sp³-hybridized carbons (Fsp3) is 0.0588. The molecule has 0 aliphatic rings. The molecule has 0 fully saturated rings. The largest absolute Gasteiger partial charge is 0.360 e. The van der Waals surface area contributed by atoms with Crippen LogP contribution in [0.5, 0.6) is 0 Å². The first-order valence-corrected chi connectivity index (χ1v) is 7.22. The molecule has 0 amide bonds. The van der Waals surface area contributed by atoms with Crippen LogP contribution >= 0.6 is 15.9 Å². The second-order valence-electron chi connectivity index (χ2n) is 4.83. The van der Waals surface area contributed by atoms with Gasteiger partial charge in [-0.05, 0) is 42.8 Å². The molecular formula is C17H11BrN2O. The number of benzene rings is 2. The molecule has 3 nitrogen and oxygen atoms in total. The van der Waals surface area contributed by atoms with E-state index in [2.05, 4.69) is 27.0 Å². The molecule has 0 spiro atoms. The first kappa shape index (κ1) is 13.6. The van der Waals surface area contributed by atoms with Crippen LogP contribution in [-0.4, -0.2) is 10.8 Å². The van der Waals surface area contributed by atoms with Gasteiger partial charge >= 0.3 is 0 Å². The number of halogens is 1. The van der Waals surface area contributed by atoms with Gasteiger partial charge in [-0.3, -0.25) is 4.79 Å². The third-order valence-electron chi connectivity index (χ3n) is 3.50. The molecule has 1 aromatic heterocycles. The highest BCUT2D eigenvalue weighted by Gasteiger charge is 2.18. The van der Waals surface area contributed by atoms with Crippen molar-refractivity contribution < 1.29 is 4.79 Å². The van der Waals surface area contributed by atoms with Crippen LogP contribution in [-0.2, 0) is 0 Å². The summed E-state index contributed by atoms with van der Waals surface area (Å²) in [5, 5.41) is 9.93. The van der Waals surface area contributed by atoms with Crippen molar-refractivity contribution in [2.75, 3.05) is 0 Å². The predicted octanol–water partition coefficient (Wildman–Crippen LogP) is 4.34. The Morgan fingerprint density at radius 1 is 1.24 bits per heavy atom. The number of nitrogens with zero attached hydrogens (tertiary/aromatic N) is 1. The van der Waals surface area contributed by atoms with Gasteiger partial charge in [-0.2, -0.15) is 5.26 Å². The van der Waals surface area contributed by atoms with E-state index < -0.39 is 0 Å². The molecule has 0 radical (unpaired) electrons. The summed E-state index contributed by atoms with van der Waals surface area (Å²) in [6, 6.07) is 13.1. The minimum atomic E-state index is -0.0750. The van der Waals surface area contributed by atoms with Gasteiger partial charge in [0.2, 0.25) is 0 Å². The van der Waals surface area contributed by atoms with Crippen LogP contribution in [0.15, 0.2) is 47.1 Å². The molecule has 1 heterocycles. The summed E-state index contributed by atoms with van der Waals surface area (Å²) in [7, 11) is 0. The van der Waals surface area contributed by atoms with Gasteiger partial charge in [0.25, 0.3) is 0 Å². The number of aryl methyl sites for hydroxylation is 1. The summed E-state index contributed by atoms with van der Waals surface area (Å²) in [6.45, 7) is 1.90. The van der Waals surface area contributed by atoms with E-state index in [4.69, 9.17) is 0 Å². The van der Waals surface area contributed by atoms with Crippen molar-refractivity contribution in [2.24, 2.45) is 0 Å². The van der Waals surface area contributed by atoms with Crippen molar-refractivity contribution in [1.82, 2.24) is 4.98 Å². The Bertz CT molecular complexity index is 903. The average Bonchev–Trinajstić information content (AvgIpc) is 2.90. The van der Waals surface area contributed by atoms with Crippen LogP contribution in [0.25, 0.3) is 10.9 Å². The topological polar surface area (TPSA) is 56.6 Å². The minimum Gasteiger partial charge on any atom is -0.360 e. The molecule has 1 N–H and O–H groups in total. The first-order chi connectivity index (χ1) is 10.1. The minimum absolute atomic E-state index is 0.0750. The normalized spacial score (nSPS) is 10.5. The second-order valence-corrected chi connectivity index (χ2v) is 5.75. The van der Waals surface area contributed by atoms with Crippen molar-refractivity contribution >= 4 is 32.6 Å². The summed E-state index contributed by atoms with van der Waals surface area (Å²) < 4.78 is 0.938. The molecule has 0 unspecified atom stereocenters. The third kappa shape index (κ3) is 2.26. The molecular weight excluding hydrogens is 328 g/mol. The fourth-order valence-electron chi connectivity index (χ4n) is 2.48. The molecule has 102 valence electrons. The fourth-order valence-corrected chi connectivity index (χ4v) is 2.96. The monoisotopic (exact) mass is 338 g/mol. The Labute approximate surface area is 130 Å². The van der Waals surface area contributed by atoms with Crippen LogP contribution in [0.4, 0.5) is 0 Å². The number of H-pyrrole nitrogens is 1. The zero-order valence-corrected chi connectivity index (χ0v) is 12.9. The molecule has 3 aromatic rings. The average molecular weight is 339 g/mol. The zero-order valence-electron chi connectivity index (χ0n) is 11.3. The summed E-state index contributed by atoms with van der Waals surface area (Å²) in [4.78, 5) is 15.8. The molecule has 0 aliphatic heterocycles. The standard InChI is InChI=1S/C17H11BrN2O/c1-10-7-12(18)5-6-13(10)17(21)14-9-20-15-4-2-3-11(8-19)16(14)15/h2-7,9,20H,1H3. The number of nitriles is 1. The lowest BCUT2D eigenvalue weighted by Gasteiger charge is -2.05. The number of aromatic amines is 1. The van der Waals surface area contributed by atoms with Gasteiger partial charge in [-0.15, -0.1) is 0 Å². The number of fused-ring (bicyclic) bond motifs is 1.